The third kappa shape index (κ3) is 1.88. The summed E-state index contributed by atoms with van der Waals surface area (Å²) in [5.41, 5.74) is 0. The summed E-state index contributed by atoms with van der Waals surface area (Å²) < 4.78 is 4.60. The van der Waals surface area contributed by atoms with E-state index in [1.807, 2.05) is 11.8 Å². The van der Waals surface area contributed by atoms with Gasteiger partial charge in [0.1, 0.15) is 5.82 Å². The first kappa shape index (κ1) is 10.2. The molecule has 0 saturated carbocycles. The lowest BCUT2D eigenvalue weighted by Gasteiger charge is -2.43. The second kappa shape index (κ2) is 3.70. The molecule has 3 nitrogen and oxygen atoms in total. The van der Waals surface area contributed by atoms with E-state index in [1.165, 1.54) is 17.3 Å². The second-order valence-corrected chi connectivity index (χ2v) is 6.41. The van der Waals surface area contributed by atoms with Gasteiger partial charge in [0.05, 0.1) is 6.04 Å². The van der Waals surface area contributed by atoms with Gasteiger partial charge in [0.15, 0.2) is 0 Å². The molecule has 2 heterocycles. The average molecular weight is 229 g/mol. The molecule has 1 unspecified atom stereocenters. The fraction of sp³-hybridized carbons (Fsp3) is 0.778. The van der Waals surface area contributed by atoms with Gasteiger partial charge in [0, 0.05) is 28.5 Å². The molecule has 1 atom stereocenters. The first-order valence-electron chi connectivity index (χ1n) is 4.85. The quantitative estimate of drug-likeness (QED) is 0.863. The molecular formula is C9H15N3S2. The van der Waals surface area contributed by atoms with Gasteiger partial charge in [-0.15, -0.1) is 0 Å². The van der Waals surface area contributed by atoms with Gasteiger partial charge in [-0.1, -0.05) is 6.92 Å². The number of nitrogens with one attached hydrogen (secondary N) is 1. The highest BCUT2D eigenvalue weighted by Crippen LogP contribution is 2.41. The zero-order valence-electron chi connectivity index (χ0n) is 8.70. The minimum Gasteiger partial charge on any atom is -0.355 e. The molecule has 0 amide bonds. The smallest absolute Gasteiger partial charge is 0.202 e. The van der Waals surface area contributed by atoms with Crippen molar-refractivity contribution in [3.8, 4) is 0 Å². The summed E-state index contributed by atoms with van der Waals surface area (Å²) in [5.74, 6) is 2.12. The highest BCUT2D eigenvalue weighted by Gasteiger charge is 2.39. The van der Waals surface area contributed by atoms with Gasteiger partial charge in [-0.2, -0.15) is 16.1 Å². The molecule has 1 aliphatic rings. The van der Waals surface area contributed by atoms with E-state index in [2.05, 4.69) is 35.4 Å². The topological polar surface area (TPSA) is 37.8 Å². The van der Waals surface area contributed by atoms with Gasteiger partial charge in [0.25, 0.3) is 0 Å². The maximum atomic E-state index is 4.40. The number of anilines is 1. The van der Waals surface area contributed by atoms with E-state index < -0.39 is 0 Å². The van der Waals surface area contributed by atoms with Crippen LogP contribution >= 0.6 is 23.3 Å². The van der Waals surface area contributed by atoms with Gasteiger partial charge in [-0.25, -0.2) is 4.98 Å². The molecule has 78 valence electrons. The molecule has 0 aromatic carbocycles. The molecule has 1 aromatic rings. The highest BCUT2D eigenvalue weighted by atomic mass is 32.2. The summed E-state index contributed by atoms with van der Waals surface area (Å²) in [4.78, 5) is 4.40. The zero-order valence-corrected chi connectivity index (χ0v) is 10.3. The van der Waals surface area contributed by atoms with Crippen molar-refractivity contribution < 1.29 is 0 Å². The Kier molecular flexibility index (Phi) is 2.70. The largest absolute Gasteiger partial charge is 0.355 e. The molecule has 14 heavy (non-hydrogen) atoms. The Morgan fingerprint density at radius 1 is 1.57 bits per heavy atom. The molecule has 0 aliphatic carbocycles. The monoisotopic (exact) mass is 229 g/mol. The van der Waals surface area contributed by atoms with E-state index in [9.17, 15) is 0 Å². The lowest BCUT2D eigenvalue weighted by atomic mass is 10.0. The van der Waals surface area contributed by atoms with E-state index in [-0.39, 0.29) is 0 Å². The van der Waals surface area contributed by atoms with Crippen LogP contribution in [0.3, 0.4) is 0 Å². The summed E-state index contributed by atoms with van der Waals surface area (Å²) in [5, 5.41) is 4.42. The van der Waals surface area contributed by atoms with E-state index in [4.69, 9.17) is 0 Å². The van der Waals surface area contributed by atoms with Crippen molar-refractivity contribution in [2.24, 2.45) is 0 Å². The van der Waals surface area contributed by atoms with E-state index in [0.29, 0.717) is 10.8 Å². The number of hydrogen-bond acceptors (Lipinski definition) is 5. The standard InChI is InChI=1S/C9H15N3S2/c1-4-7-11-8(14-12-7)10-6-5-13-9(6,2)3/h6H,4-5H2,1-3H3,(H,10,11,12). The Hall–Kier alpha value is -0.290. The van der Waals surface area contributed by atoms with Crippen LogP contribution in [0.1, 0.15) is 26.6 Å². The van der Waals surface area contributed by atoms with Crippen LogP contribution in [0.5, 0.6) is 0 Å². The molecule has 0 spiro atoms. The molecule has 1 N–H and O–H groups in total. The van der Waals surface area contributed by atoms with Crippen molar-refractivity contribution in [2.45, 2.75) is 38.0 Å². The van der Waals surface area contributed by atoms with Crippen LogP contribution in [0.15, 0.2) is 0 Å². The zero-order chi connectivity index (χ0) is 10.2. The van der Waals surface area contributed by atoms with E-state index in [1.54, 1.807) is 0 Å². The highest BCUT2D eigenvalue weighted by molar-refractivity contribution is 8.02. The Bertz CT molecular complexity index is 322. The molecule has 2 rings (SSSR count). The van der Waals surface area contributed by atoms with Gasteiger partial charge in [-0.05, 0) is 13.8 Å². The molecule has 1 aliphatic heterocycles. The average Bonchev–Trinajstić information content (AvgIpc) is 2.60. The minimum absolute atomic E-state index is 0.345. The summed E-state index contributed by atoms with van der Waals surface area (Å²) in [6, 6.07) is 0.546. The van der Waals surface area contributed by atoms with Crippen molar-refractivity contribution in [3.05, 3.63) is 5.82 Å². The summed E-state index contributed by atoms with van der Waals surface area (Å²) in [6.45, 7) is 6.61. The van der Waals surface area contributed by atoms with Gasteiger partial charge in [-0.3, -0.25) is 0 Å². The van der Waals surface area contributed by atoms with Crippen LogP contribution in [0.25, 0.3) is 0 Å². The fourth-order valence-corrected chi connectivity index (χ4v) is 3.17. The summed E-state index contributed by atoms with van der Waals surface area (Å²) >= 11 is 3.47. The lowest BCUT2D eigenvalue weighted by Crippen LogP contribution is -2.50. The summed E-state index contributed by atoms with van der Waals surface area (Å²) in [6.07, 6.45) is 0.918. The molecule has 0 bridgehead atoms. The lowest BCUT2D eigenvalue weighted by molar-refractivity contribution is 0.576. The number of aromatic nitrogens is 2. The SMILES string of the molecule is CCc1nsc(NC2CSC2(C)C)n1. The van der Waals surface area contributed by atoms with Crippen molar-refractivity contribution >= 4 is 28.4 Å². The van der Waals surface area contributed by atoms with Gasteiger partial charge < -0.3 is 5.32 Å². The third-order valence-corrected chi connectivity index (χ3v) is 4.76. The predicted octanol–water partition coefficient (Wildman–Crippen LogP) is 2.41. The van der Waals surface area contributed by atoms with Crippen molar-refractivity contribution in [1.29, 1.82) is 0 Å². The number of hydrogen-bond donors (Lipinski definition) is 1. The van der Waals surface area contributed by atoms with Crippen molar-refractivity contribution in [2.75, 3.05) is 11.1 Å². The van der Waals surface area contributed by atoms with Crippen LogP contribution in [0.4, 0.5) is 5.13 Å². The molecule has 5 heteroatoms. The molecular weight excluding hydrogens is 214 g/mol. The van der Waals surface area contributed by atoms with Gasteiger partial charge in [0.2, 0.25) is 5.13 Å². The van der Waals surface area contributed by atoms with Crippen LogP contribution < -0.4 is 5.32 Å². The predicted molar refractivity (Wildman–Crippen MR) is 63.2 cm³/mol. The van der Waals surface area contributed by atoms with Crippen molar-refractivity contribution in [1.82, 2.24) is 9.36 Å². The van der Waals surface area contributed by atoms with Crippen LogP contribution in [0.2, 0.25) is 0 Å². The third-order valence-electron chi connectivity index (χ3n) is 2.54. The van der Waals surface area contributed by atoms with Gasteiger partial charge >= 0.3 is 0 Å². The Morgan fingerprint density at radius 3 is 2.79 bits per heavy atom. The molecule has 1 fully saturated rings. The fourth-order valence-electron chi connectivity index (χ4n) is 1.32. The first-order chi connectivity index (χ1) is 6.62. The Morgan fingerprint density at radius 2 is 2.36 bits per heavy atom. The van der Waals surface area contributed by atoms with Crippen LogP contribution in [-0.4, -0.2) is 25.9 Å². The molecule has 1 saturated heterocycles. The molecule has 1 aromatic heterocycles. The van der Waals surface area contributed by atoms with E-state index >= 15 is 0 Å². The van der Waals surface area contributed by atoms with E-state index in [0.717, 1.165) is 17.4 Å². The van der Waals surface area contributed by atoms with Crippen molar-refractivity contribution in [3.63, 3.8) is 0 Å². The number of nitrogens with zero attached hydrogens (tertiary/aromatic N) is 2. The van der Waals surface area contributed by atoms with Crippen LogP contribution in [-0.2, 0) is 6.42 Å². The minimum atomic E-state index is 0.345. The van der Waals surface area contributed by atoms with Crippen LogP contribution in [0, 0.1) is 0 Å². The molecule has 0 radical (unpaired) electrons. The number of thioether (sulfide) groups is 1. The number of rotatable bonds is 3. The first-order valence-corrected chi connectivity index (χ1v) is 6.61. The second-order valence-electron chi connectivity index (χ2n) is 3.98. The summed E-state index contributed by atoms with van der Waals surface area (Å²) in [7, 11) is 0. The normalized spacial score (nSPS) is 24.4. The Balaban J connectivity index is 1.97. The maximum Gasteiger partial charge on any atom is 0.202 e. The maximum absolute atomic E-state index is 4.40. The Labute approximate surface area is 92.9 Å². The number of aryl methyl sites for hydroxylation is 1.